The summed E-state index contributed by atoms with van der Waals surface area (Å²) in [6.07, 6.45) is 1.42. The van der Waals surface area contributed by atoms with Gasteiger partial charge in [-0.05, 0) is 52.2 Å². The van der Waals surface area contributed by atoms with Crippen LogP contribution < -0.4 is 10.7 Å². The number of carbonyl (C=O) groups excluding carboxylic acids is 1. The molecule has 0 aliphatic rings. The lowest BCUT2D eigenvalue weighted by atomic mass is 10.2. The molecule has 7 heteroatoms. The van der Waals surface area contributed by atoms with Crippen molar-refractivity contribution >= 4 is 45.5 Å². The van der Waals surface area contributed by atoms with Gasteiger partial charge in [0.1, 0.15) is 5.75 Å². The van der Waals surface area contributed by atoms with Crippen LogP contribution in [0.4, 0.5) is 10.5 Å². The van der Waals surface area contributed by atoms with Crippen molar-refractivity contribution < 1.29 is 9.90 Å². The first-order chi connectivity index (χ1) is 10.5. The molecule has 0 aliphatic carbocycles. The molecule has 2 amide bonds. The summed E-state index contributed by atoms with van der Waals surface area (Å²) in [5.41, 5.74) is 4.66. The second kappa shape index (κ2) is 7.29. The highest BCUT2D eigenvalue weighted by Crippen LogP contribution is 2.32. The number of para-hydroxylation sites is 1. The molecule has 0 aromatic heterocycles. The molecule has 0 radical (unpaired) electrons. The Kier molecular flexibility index (Phi) is 5.41. The monoisotopic (exact) mass is 381 g/mol. The maximum absolute atomic E-state index is 11.7. The van der Waals surface area contributed by atoms with Gasteiger partial charge in [0.15, 0.2) is 0 Å². The molecule has 5 nitrogen and oxygen atoms in total. The van der Waals surface area contributed by atoms with E-state index in [1.165, 1.54) is 12.3 Å². The Bertz CT molecular complexity index is 711. The van der Waals surface area contributed by atoms with E-state index in [1.54, 1.807) is 12.1 Å². The largest absolute Gasteiger partial charge is 0.505 e. The fourth-order valence-electron chi connectivity index (χ4n) is 1.69. The predicted molar refractivity (Wildman–Crippen MR) is 91.7 cm³/mol. The third-order valence-electron chi connectivity index (χ3n) is 2.81. The van der Waals surface area contributed by atoms with Gasteiger partial charge in [0.25, 0.3) is 0 Å². The van der Waals surface area contributed by atoms with Gasteiger partial charge in [0, 0.05) is 5.69 Å². The van der Waals surface area contributed by atoms with E-state index in [4.69, 9.17) is 11.6 Å². The van der Waals surface area contributed by atoms with Crippen molar-refractivity contribution in [2.75, 3.05) is 5.32 Å². The number of anilines is 1. The second-order valence-corrected chi connectivity index (χ2v) is 5.73. The zero-order valence-corrected chi connectivity index (χ0v) is 13.9. The van der Waals surface area contributed by atoms with Gasteiger partial charge in [-0.15, -0.1) is 0 Å². The van der Waals surface area contributed by atoms with Gasteiger partial charge >= 0.3 is 6.03 Å². The Balaban J connectivity index is 1.98. The maximum Gasteiger partial charge on any atom is 0.339 e. The lowest BCUT2D eigenvalue weighted by molar-refractivity contribution is 0.252. The number of urea groups is 1. The minimum Gasteiger partial charge on any atom is -0.505 e. The van der Waals surface area contributed by atoms with Crippen molar-refractivity contribution in [2.45, 2.75) is 6.92 Å². The molecule has 0 spiro atoms. The summed E-state index contributed by atoms with van der Waals surface area (Å²) in [5, 5.41) is 16.2. The first-order valence-electron chi connectivity index (χ1n) is 6.31. The predicted octanol–water partition coefficient (Wildman–Crippen LogP) is 4.27. The third kappa shape index (κ3) is 4.22. The molecule has 0 bridgehead atoms. The van der Waals surface area contributed by atoms with Crippen LogP contribution in [-0.2, 0) is 0 Å². The first-order valence-corrected chi connectivity index (χ1v) is 7.48. The average Bonchev–Trinajstić information content (AvgIpc) is 2.47. The Hall–Kier alpha value is -2.05. The van der Waals surface area contributed by atoms with Crippen molar-refractivity contribution in [1.29, 1.82) is 0 Å². The van der Waals surface area contributed by atoms with Crippen LogP contribution in [0.25, 0.3) is 0 Å². The zero-order chi connectivity index (χ0) is 16.1. The number of aromatic hydroxyl groups is 1. The highest BCUT2D eigenvalue weighted by Gasteiger charge is 2.05. The summed E-state index contributed by atoms with van der Waals surface area (Å²) in [5.74, 6) is -0.0379. The number of phenols is 1. The molecular formula is C15H13BrClN3O2. The molecule has 22 heavy (non-hydrogen) atoms. The number of halogens is 2. The number of hydrogen-bond acceptors (Lipinski definition) is 3. The lowest BCUT2D eigenvalue weighted by Gasteiger charge is -2.06. The van der Waals surface area contributed by atoms with E-state index < -0.39 is 6.03 Å². The molecule has 2 rings (SSSR count). The van der Waals surface area contributed by atoms with Crippen LogP contribution in [0, 0.1) is 6.92 Å². The average molecular weight is 383 g/mol. The van der Waals surface area contributed by atoms with E-state index in [9.17, 15) is 9.90 Å². The number of amides is 2. The Labute approximate surface area is 141 Å². The quantitative estimate of drug-likeness (QED) is 0.548. The van der Waals surface area contributed by atoms with Gasteiger partial charge in [-0.1, -0.05) is 29.8 Å². The fourth-order valence-corrected chi connectivity index (χ4v) is 2.51. The number of hydrogen-bond donors (Lipinski definition) is 3. The number of hydrazone groups is 1. The van der Waals surface area contributed by atoms with Gasteiger partial charge in [-0.25, -0.2) is 10.2 Å². The molecule has 3 N–H and O–H groups in total. The molecule has 0 saturated heterocycles. The normalized spacial score (nSPS) is 10.7. The standard InChI is InChI=1S/C15H13BrClN3O2/c1-9-4-2-3-5-13(9)19-15(22)20-18-8-10-6-11(16)14(21)12(17)7-10/h2-8,21H,1H3,(H2,19,20,22)/b18-8+. The van der Waals surface area contributed by atoms with E-state index in [2.05, 4.69) is 31.8 Å². The molecular weight excluding hydrogens is 370 g/mol. The van der Waals surface area contributed by atoms with Crippen molar-refractivity contribution in [1.82, 2.24) is 5.43 Å². The van der Waals surface area contributed by atoms with E-state index in [-0.39, 0.29) is 10.8 Å². The number of nitrogens with one attached hydrogen (secondary N) is 2. The van der Waals surface area contributed by atoms with E-state index in [1.807, 2.05) is 25.1 Å². The topological polar surface area (TPSA) is 73.7 Å². The number of nitrogens with zero attached hydrogens (tertiary/aromatic N) is 1. The Morgan fingerprint density at radius 2 is 2.09 bits per heavy atom. The molecule has 114 valence electrons. The number of rotatable bonds is 3. The zero-order valence-electron chi connectivity index (χ0n) is 11.6. The molecule has 0 fully saturated rings. The summed E-state index contributed by atoms with van der Waals surface area (Å²) >= 11 is 9.02. The van der Waals surface area contributed by atoms with Crippen LogP contribution in [0.3, 0.4) is 0 Å². The molecule has 2 aromatic rings. The van der Waals surface area contributed by atoms with Crippen LogP contribution in [0.1, 0.15) is 11.1 Å². The van der Waals surface area contributed by atoms with Crippen LogP contribution >= 0.6 is 27.5 Å². The number of carbonyl (C=O) groups is 1. The van der Waals surface area contributed by atoms with Gasteiger partial charge in [-0.2, -0.15) is 5.10 Å². The van der Waals surface area contributed by atoms with Crippen molar-refractivity contribution in [3.05, 3.63) is 57.0 Å². The molecule has 0 atom stereocenters. The van der Waals surface area contributed by atoms with Crippen molar-refractivity contribution in [2.24, 2.45) is 5.10 Å². The van der Waals surface area contributed by atoms with Crippen molar-refractivity contribution in [3.8, 4) is 5.75 Å². The summed E-state index contributed by atoms with van der Waals surface area (Å²) in [6.45, 7) is 1.90. The van der Waals surface area contributed by atoms with Crippen LogP contribution in [-0.4, -0.2) is 17.4 Å². The van der Waals surface area contributed by atoms with Gasteiger partial charge < -0.3 is 10.4 Å². The summed E-state index contributed by atoms with van der Waals surface area (Å²) in [4.78, 5) is 11.7. The number of phenolic OH excluding ortho intramolecular Hbond substituents is 1. The maximum atomic E-state index is 11.7. The Morgan fingerprint density at radius 1 is 1.36 bits per heavy atom. The smallest absolute Gasteiger partial charge is 0.339 e. The van der Waals surface area contributed by atoms with Gasteiger partial charge in [-0.3, -0.25) is 0 Å². The second-order valence-electron chi connectivity index (χ2n) is 4.47. The summed E-state index contributed by atoms with van der Waals surface area (Å²) in [6, 6.07) is 10.1. The number of benzene rings is 2. The van der Waals surface area contributed by atoms with Gasteiger partial charge in [0.05, 0.1) is 15.7 Å². The highest BCUT2D eigenvalue weighted by atomic mass is 79.9. The van der Waals surface area contributed by atoms with Crippen molar-refractivity contribution in [3.63, 3.8) is 0 Å². The van der Waals surface area contributed by atoms with Crippen LogP contribution in [0.15, 0.2) is 46.0 Å². The van der Waals surface area contributed by atoms with E-state index in [0.29, 0.717) is 15.7 Å². The fraction of sp³-hybridized carbons (Fsp3) is 0.0667. The molecule has 0 saturated carbocycles. The molecule has 0 aliphatic heterocycles. The minimum absolute atomic E-state index is 0.0379. The Morgan fingerprint density at radius 3 is 2.77 bits per heavy atom. The van der Waals surface area contributed by atoms with Gasteiger partial charge in [0.2, 0.25) is 0 Å². The van der Waals surface area contributed by atoms with Crippen LogP contribution in [0.5, 0.6) is 5.75 Å². The highest BCUT2D eigenvalue weighted by molar-refractivity contribution is 9.10. The molecule has 0 heterocycles. The molecule has 2 aromatic carbocycles. The third-order valence-corrected chi connectivity index (χ3v) is 3.70. The molecule has 0 unspecified atom stereocenters. The SMILES string of the molecule is Cc1ccccc1NC(=O)N/N=C/c1cc(Cl)c(O)c(Br)c1. The first kappa shape index (κ1) is 16.3. The summed E-state index contributed by atoms with van der Waals surface area (Å²) < 4.78 is 0.450. The van der Waals surface area contributed by atoms with Crippen LogP contribution in [0.2, 0.25) is 5.02 Å². The lowest BCUT2D eigenvalue weighted by Crippen LogP contribution is -2.24. The van der Waals surface area contributed by atoms with E-state index >= 15 is 0 Å². The van der Waals surface area contributed by atoms with E-state index in [0.717, 1.165) is 5.56 Å². The minimum atomic E-state index is -0.450. The number of aryl methyl sites for hydroxylation is 1. The summed E-state index contributed by atoms with van der Waals surface area (Å²) in [7, 11) is 0.